The summed E-state index contributed by atoms with van der Waals surface area (Å²) in [5, 5.41) is 16.0. The summed E-state index contributed by atoms with van der Waals surface area (Å²) in [7, 11) is 2.00. The van der Waals surface area contributed by atoms with Crippen LogP contribution < -0.4 is 5.32 Å². The summed E-state index contributed by atoms with van der Waals surface area (Å²) in [6, 6.07) is 16.2. The van der Waals surface area contributed by atoms with Gasteiger partial charge in [-0.05, 0) is 37.6 Å². The number of aryl methyl sites for hydroxylation is 1. The van der Waals surface area contributed by atoms with Gasteiger partial charge in [0.05, 0.1) is 11.7 Å². The molecule has 3 rings (SSSR count). The number of amides is 1. The van der Waals surface area contributed by atoms with E-state index in [0.29, 0.717) is 12.1 Å². The second-order valence-electron chi connectivity index (χ2n) is 6.95. The first kappa shape index (κ1) is 19.5. The molecule has 142 valence electrons. The monoisotopic (exact) mass is 382 g/mol. The molecule has 0 saturated heterocycles. The number of nitrogens with zero attached hydrogens (tertiary/aromatic N) is 1. The van der Waals surface area contributed by atoms with E-state index in [2.05, 4.69) is 35.3 Å². The quantitative estimate of drug-likeness (QED) is 0.627. The van der Waals surface area contributed by atoms with Gasteiger partial charge in [-0.2, -0.15) is 0 Å². The lowest BCUT2D eigenvalue weighted by molar-refractivity contribution is 0.0883. The third-order valence-electron chi connectivity index (χ3n) is 4.77. The van der Waals surface area contributed by atoms with E-state index in [1.807, 2.05) is 42.8 Å². The smallest absolute Gasteiger partial charge is 0.252 e. The molecule has 1 aromatic heterocycles. The van der Waals surface area contributed by atoms with Gasteiger partial charge >= 0.3 is 0 Å². The number of carbonyl (C=O) groups is 1. The molecule has 3 aromatic rings. The Hall–Kier alpha value is -2.21. The van der Waals surface area contributed by atoms with Crippen LogP contribution in [0.25, 0.3) is 10.1 Å². The SMILES string of the molecule is Cc1ccccc1CCN(C)C[C@@H](O)CNC(=O)c1csc2ccccc12. The zero-order chi connectivity index (χ0) is 19.2. The fourth-order valence-corrected chi connectivity index (χ4v) is 4.12. The van der Waals surface area contributed by atoms with Crippen LogP contribution in [0.2, 0.25) is 0 Å². The van der Waals surface area contributed by atoms with Crippen molar-refractivity contribution in [1.82, 2.24) is 10.2 Å². The van der Waals surface area contributed by atoms with Crippen LogP contribution in [-0.2, 0) is 6.42 Å². The number of aliphatic hydroxyl groups excluding tert-OH is 1. The Morgan fingerprint density at radius 1 is 1.19 bits per heavy atom. The molecule has 0 bridgehead atoms. The average Bonchev–Trinajstić information content (AvgIpc) is 3.10. The highest BCUT2D eigenvalue weighted by atomic mass is 32.1. The Balaban J connectivity index is 1.45. The summed E-state index contributed by atoms with van der Waals surface area (Å²) in [6.07, 6.45) is 0.351. The molecule has 1 heterocycles. The molecule has 0 aliphatic rings. The molecule has 5 heteroatoms. The normalized spacial score (nSPS) is 12.4. The number of nitrogens with one attached hydrogen (secondary N) is 1. The van der Waals surface area contributed by atoms with Crippen molar-refractivity contribution in [1.29, 1.82) is 0 Å². The van der Waals surface area contributed by atoms with Gasteiger partial charge in [0.1, 0.15) is 0 Å². The van der Waals surface area contributed by atoms with Gasteiger partial charge in [-0.15, -0.1) is 11.3 Å². The number of fused-ring (bicyclic) bond motifs is 1. The van der Waals surface area contributed by atoms with Gasteiger partial charge in [0, 0.05) is 35.1 Å². The van der Waals surface area contributed by atoms with Crippen LogP contribution in [0, 0.1) is 6.92 Å². The van der Waals surface area contributed by atoms with E-state index < -0.39 is 6.10 Å². The van der Waals surface area contributed by atoms with Gasteiger partial charge in [0.2, 0.25) is 0 Å². The highest BCUT2D eigenvalue weighted by molar-refractivity contribution is 7.17. The van der Waals surface area contributed by atoms with Crippen molar-refractivity contribution in [2.24, 2.45) is 0 Å². The van der Waals surface area contributed by atoms with Gasteiger partial charge in [0.25, 0.3) is 5.91 Å². The third kappa shape index (κ3) is 5.16. The molecule has 2 aromatic carbocycles. The Morgan fingerprint density at radius 2 is 1.93 bits per heavy atom. The minimum atomic E-state index is -0.597. The Kier molecular flexibility index (Phi) is 6.61. The minimum Gasteiger partial charge on any atom is -0.390 e. The van der Waals surface area contributed by atoms with Crippen molar-refractivity contribution < 1.29 is 9.90 Å². The van der Waals surface area contributed by atoms with E-state index in [9.17, 15) is 9.90 Å². The minimum absolute atomic E-state index is 0.130. The van der Waals surface area contributed by atoms with Gasteiger partial charge in [-0.3, -0.25) is 4.79 Å². The lowest BCUT2D eigenvalue weighted by Crippen LogP contribution is -2.39. The van der Waals surface area contributed by atoms with Gasteiger partial charge < -0.3 is 15.3 Å². The highest BCUT2D eigenvalue weighted by Gasteiger charge is 2.14. The van der Waals surface area contributed by atoms with E-state index in [-0.39, 0.29) is 12.5 Å². The van der Waals surface area contributed by atoms with E-state index in [1.54, 1.807) is 11.3 Å². The number of benzene rings is 2. The summed E-state index contributed by atoms with van der Waals surface area (Å²) in [5.41, 5.74) is 3.30. The first-order chi connectivity index (χ1) is 13.0. The molecular weight excluding hydrogens is 356 g/mol. The van der Waals surface area contributed by atoms with Crippen molar-refractivity contribution >= 4 is 27.3 Å². The van der Waals surface area contributed by atoms with E-state index in [1.165, 1.54) is 11.1 Å². The van der Waals surface area contributed by atoms with Crippen molar-refractivity contribution in [3.8, 4) is 0 Å². The van der Waals surface area contributed by atoms with E-state index >= 15 is 0 Å². The molecule has 4 nitrogen and oxygen atoms in total. The lowest BCUT2D eigenvalue weighted by Gasteiger charge is -2.21. The predicted octanol–water partition coefficient (Wildman–Crippen LogP) is 3.47. The van der Waals surface area contributed by atoms with Crippen LogP contribution in [0.1, 0.15) is 21.5 Å². The lowest BCUT2D eigenvalue weighted by atomic mass is 10.1. The second kappa shape index (κ2) is 9.13. The average molecular weight is 383 g/mol. The molecule has 1 atom stereocenters. The molecular formula is C22H26N2O2S. The fraction of sp³-hybridized carbons (Fsp3) is 0.318. The standard InChI is InChI=1S/C22H26N2O2S/c1-16-7-3-4-8-17(16)11-12-24(2)14-18(25)13-23-22(26)20-15-27-21-10-6-5-9-19(20)21/h3-10,15,18,25H,11-14H2,1-2H3,(H,23,26)/t18-/m0/s1. The van der Waals surface area contributed by atoms with Crippen molar-refractivity contribution in [2.45, 2.75) is 19.4 Å². The molecule has 27 heavy (non-hydrogen) atoms. The van der Waals surface area contributed by atoms with E-state index in [0.717, 1.165) is 23.1 Å². The molecule has 2 N–H and O–H groups in total. The van der Waals surface area contributed by atoms with Crippen LogP contribution in [0.4, 0.5) is 0 Å². The third-order valence-corrected chi connectivity index (χ3v) is 5.73. The topological polar surface area (TPSA) is 52.6 Å². The largest absolute Gasteiger partial charge is 0.390 e. The molecule has 0 saturated carbocycles. The van der Waals surface area contributed by atoms with Crippen molar-refractivity contribution in [2.75, 3.05) is 26.7 Å². The fourth-order valence-electron chi connectivity index (χ4n) is 3.18. The molecule has 0 aliphatic carbocycles. The number of thiophene rings is 1. The Morgan fingerprint density at radius 3 is 2.74 bits per heavy atom. The van der Waals surface area contributed by atoms with Gasteiger partial charge in [0.15, 0.2) is 0 Å². The van der Waals surface area contributed by atoms with Gasteiger partial charge in [-0.1, -0.05) is 42.5 Å². The predicted molar refractivity (Wildman–Crippen MR) is 113 cm³/mol. The first-order valence-corrected chi connectivity index (χ1v) is 10.1. The maximum absolute atomic E-state index is 12.4. The number of carbonyl (C=O) groups excluding carboxylic acids is 1. The van der Waals surface area contributed by atoms with Crippen LogP contribution >= 0.6 is 11.3 Å². The molecule has 1 amide bonds. The summed E-state index contributed by atoms with van der Waals surface area (Å²) in [5.74, 6) is -0.130. The second-order valence-corrected chi connectivity index (χ2v) is 7.86. The first-order valence-electron chi connectivity index (χ1n) is 9.20. The zero-order valence-corrected chi connectivity index (χ0v) is 16.6. The van der Waals surface area contributed by atoms with Gasteiger partial charge in [-0.25, -0.2) is 0 Å². The Labute approximate surface area is 164 Å². The number of likely N-dealkylation sites (N-methyl/N-ethyl adjacent to an activating group) is 1. The summed E-state index contributed by atoms with van der Waals surface area (Å²) in [6.45, 7) is 3.76. The maximum Gasteiger partial charge on any atom is 0.252 e. The van der Waals surface area contributed by atoms with Crippen LogP contribution in [-0.4, -0.2) is 48.7 Å². The van der Waals surface area contributed by atoms with Crippen LogP contribution in [0.15, 0.2) is 53.9 Å². The number of rotatable bonds is 8. The van der Waals surface area contributed by atoms with Crippen LogP contribution in [0.3, 0.4) is 0 Å². The Bertz CT molecular complexity index is 906. The summed E-state index contributed by atoms with van der Waals surface area (Å²) >= 11 is 1.56. The maximum atomic E-state index is 12.4. The molecule has 0 spiro atoms. The number of hydrogen-bond acceptors (Lipinski definition) is 4. The number of hydrogen-bond donors (Lipinski definition) is 2. The van der Waals surface area contributed by atoms with Crippen molar-refractivity contribution in [3.63, 3.8) is 0 Å². The zero-order valence-electron chi connectivity index (χ0n) is 15.8. The molecule has 0 unspecified atom stereocenters. The van der Waals surface area contributed by atoms with Crippen molar-refractivity contribution in [3.05, 3.63) is 70.6 Å². The summed E-state index contributed by atoms with van der Waals surface area (Å²) < 4.78 is 1.10. The molecule has 0 fully saturated rings. The highest BCUT2D eigenvalue weighted by Crippen LogP contribution is 2.25. The molecule has 0 aliphatic heterocycles. The molecule has 0 radical (unpaired) electrons. The van der Waals surface area contributed by atoms with E-state index in [4.69, 9.17) is 0 Å². The summed E-state index contributed by atoms with van der Waals surface area (Å²) in [4.78, 5) is 14.5. The van der Waals surface area contributed by atoms with Crippen LogP contribution in [0.5, 0.6) is 0 Å². The number of aliphatic hydroxyl groups is 1.